The SMILES string of the molecule is CN(C)C1(CNC(=O)[C@@H]2CCCN2)CCCC1. The van der Waals surface area contributed by atoms with E-state index < -0.39 is 0 Å². The third kappa shape index (κ3) is 2.80. The predicted octanol–water partition coefficient (Wildman–Crippen LogP) is 0.729. The molecule has 2 rings (SSSR count). The van der Waals surface area contributed by atoms with E-state index in [1.165, 1.54) is 25.7 Å². The van der Waals surface area contributed by atoms with E-state index >= 15 is 0 Å². The summed E-state index contributed by atoms with van der Waals surface area (Å²) in [7, 11) is 4.26. The molecule has 2 aliphatic rings. The largest absolute Gasteiger partial charge is 0.353 e. The average Bonchev–Trinajstić information content (AvgIpc) is 2.97. The maximum atomic E-state index is 12.0. The molecule has 0 aromatic heterocycles. The summed E-state index contributed by atoms with van der Waals surface area (Å²) in [5.41, 5.74) is 0.203. The Labute approximate surface area is 104 Å². The Bertz CT molecular complexity index is 266. The molecule has 1 heterocycles. The number of hydrogen-bond donors (Lipinski definition) is 2. The van der Waals surface area contributed by atoms with Gasteiger partial charge in [0.05, 0.1) is 6.04 Å². The normalized spacial score (nSPS) is 27.6. The van der Waals surface area contributed by atoms with Crippen LogP contribution in [0.2, 0.25) is 0 Å². The zero-order valence-corrected chi connectivity index (χ0v) is 11.1. The van der Waals surface area contributed by atoms with Gasteiger partial charge in [-0.25, -0.2) is 0 Å². The molecule has 0 bridgehead atoms. The Kier molecular flexibility index (Phi) is 4.05. The van der Waals surface area contributed by atoms with Crippen molar-refractivity contribution in [3.8, 4) is 0 Å². The molecule has 4 nitrogen and oxygen atoms in total. The highest BCUT2D eigenvalue weighted by atomic mass is 16.2. The highest BCUT2D eigenvalue weighted by molar-refractivity contribution is 5.82. The van der Waals surface area contributed by atoms with Gasteiger partial charge in [-0.3, -0.25) is 4.79 Å². The van der Waals surface area contributed by atoms with Gasteiger partial charge in [0.2, 0.25) is 5.91 Å². The number of likely N-dealkylation sites (N-methyl/N-ethyl adjacent to an activating group) is 1. The van der Waals surface area contributed by atoms with Crippen LogP contribution in [0, 0.1) is 0 Å². The maximum Gasteiger partial charge on any atom is 0.237 e. The minimum absolute atomic E-state index is 0.0515. The third-order valence-corrected chi connectivity index (χ3v) is 4.45. The van der Waals surface area contributed by atoms with Crippen LogP contribution < -0.4 is 10.6 Å². The first-order valence-corrected chi connectivity index (χ1v) is 6.83. The Morgan fingerprint density at radius 2 is 2.06 bits per heavy atom. The van der Waals surface area contributed by atoms with Gasteiger partial charge in [-0.2, -0.15) is 0 Å². The van der Waals surface area contributed by atoms with Crippen molar-refractivity contribution in [3.05, 3.63) is 0 Å². The monoisotopic (exact) mass is 239 g/mol. The molecule has 0 aromatic carbocycles. The van der Waals surface area contributed by atoms with Gasteiger partial charge in [0, 0.05) is 12.1 Å². The van der Waals surface area contributed by atoms with E-state index in [9.17, 15) is 4.79 Å². The van der Waals surface area contributed by atoms with Crippen LogP contribution in [0.1, 0.15) is 38.5 Å². The lowest BCUT2D eigenvalue weighted by atomic mass is 9.96. The molecule has 4 heteroatoms. The van der Waals surface area contributed by atoms with Gasteiger partial charge in [-0.05, 0) is 46.3 Å². The van der Waals surface area contributed by atoms with Crippen molar-refractivity contribution in [1.29, 1.82) is 0 Å². The first-order valence-electron chi connectivity index (χ1n) is 6.83. The van der Waals surface area contributed by atoms with Crippen LogP contribution in [-0.4, -0.2) is 49.6 Å². The molecule has 0 unspecified atom stereocenters. The number of rotatable bonds is 4. The fourth-order valence-corrected chi connectivity index (χ4v) is 3.10. The number of nitrogens with one attached hydrogen (secondary N) is 2. The lowest BCUT2D eigenvalue weighted by molar-refractivity contribution is -0.123. The third-order valence-electron chi connectivity index (χ3n) is 4.45. The molecule has 0 aromatic rings. The van der Waals surface area contributed by atoms with Crippen molar-refractivity contribution in [2.75, 3.05) is 27.2 Å². The summed E-state index contributed by atoms with van der Waals surface area (Å²) < 4.78 is 0. The summed E-state index contributed by atoms with van der Waals surface area (Å²) in [5.74, 6) is 0.190. The second-order valence-electron chi connectivity index (χ2n) is 5.69. The molecule has 1 saturated heterocycles. The average molecular weight is 239 g/mol. The predicted molar refractivity (Wildman–Crippen MR) is 68.9 cm³/mol. The van der Waals surface area contributed by atoms with E-state index in [-0.39, 0.29) is 17.5 Å². The van der Waals surface area contributed by atoms with Crippen LogP contribution in [0.25, 0.3) is 0 Å². The first kappa shape index (κ1) is 12.8. The lowest BCUT2D eigenvalue weighted by Gasteiger charge is -2.36. The molecule has 1 aliphatic heterocycles. The van der Waals surface area contributed by atoms with Crippen molar-refractivity contribution in [2.45, 2.75) is 50.1 Å². The van der Waals surface area contributed by atoms with Crippen LogP contribution in [0.4, 0.5) is 0 Å². The summed E-state index contributed by atoms with van der Waals surface area (Å²) in [4.78, 5) is 14.3. The summed E-state index contributed by atoms with van der Waals surface area (Å²) >= 11 is 0. The van der Waals surface area contributed by atoms with Crippen LogP contribution in [0.15, 0.2) is 0 Å². The van der Waals surface area contributed by atoms with E-state index in [0.717, 1.165) is 25.9 Å². The van der Waals surface area contributed by atoms with Gasteiger partial charge < -0.3 is 15.5 Å². The minimum atomic E-state index is 0.0515. The molecule has 2 N–H and O–H groups in total. The van der Waals surface area contributed by atoms with E-state index in [1.807, 2.05) is 0 Å². The fourth-order valence-electron chi connectivity index (χ4n) is 3.10. The molecule has 98 valence electrons. The van der Waals surface area contributed by atoms with E-state index in [1.54, 1.807) is 0 Å². The molecule has 1 aliphatic carbocycles. The van der Waals surface area contributed by atoms with Crippen molar-refractivity contribution in [3.63, 3.8) is 0 Å². The Hall–Kier alpha value is -0.610. The van der Waals surface area contributed by atoms with Gasteiger partial charge in [0.25, 0.3) is 0 Å². The van der Waals surface area contributed by atoms with Gasteiger partial charge in [0.1, 0.15) is 0 Å². The van der Waals surface area contributed by atoms with Crippen molar-refractivity contribution >= 4 is 5.91 Å². The van der Waals surface area contributed by atoms with Gasteiger partial charge in [-0.15, -0.1) is 0 Å². The highest BCUT2D eigenvalue weighted by Crippen LogP contribution is 2.33. The fraction of sp³-hybridized carbons (Fsp3) is 0.923. The quantitative estimate of drug-likeness (QED) is 0.760. The zero-order valence-electron chi connectivity index (χ0n) is 11.1. The second kappa shape index (κ2) is 5.36. The minimum Gasteiger partial charge on any atom is -0.353 e. The number of amides is 1. The topological polar surface area (TPSA) is 44.4 Å². The standard InChI is InChI=1S/C13H25N3O/c1-16(2)13(7-3-4-8-13)10-15-12(17)11-6-5-9-14-11/h11,14H,3-10H2,1-2H3,(H,15,17)/t11-/m0/s1. The smallest absolute Gasteiger partial charge is 0.237 e. The van der Waals surface area contributed by atoms with Crippen molar-refractivity contribution in [1.82, 2.24) is 15.5 Å². The molecular weight excluding hydrogens is 214 g/mol. The molecule has 2 fully saturated rings. The van der Waals surface area contributed by atoms with Gasteiger partial charge in [-0.1, -0.05) is 12.8 Å². The molecule has 0 radical (unpaired) electrons. The van der Waals surface area contributed by atoms with Crippen LogP contribution in [-0.2, 0) is 4.79 Å². The maximum absolute atomic E-state index is 12.0. The first-order chi connectivity index (χ1) is 8.14. The summed E-state index contributed by atoms with van der Waals surface area (Å²) in [5, 5.41) is 6.39. The van der Waals surface area contributed by atoms with E-state index in [0.29, 0.717) is 0 Å². The number of hydrogen-bond acceptors (Lipinski definition) is 3. The van der Waals surface area contributed by atoms with Crippen molar-refractivity contribution < 1.29 is 4.79 Å². The lowest BCUT2D eigenvalue weighted by Crippen LogP contribution is -2.53. The molecular formula is C13H25N3O. The molecule has 1 saturated carbocycles. The van der Waals surface area contributed by atoms with E-state index in [2.05, 4.69) is 29.6 Å². The highest BCUT2D eigenvalue weighted by Gasteiger charge is 2.36. The van der Waals surface area contributed by atoms with Crippen LogP contribution in [0.5, 0.6) is 0 Å². The summed E-state index contributed by atoms with van der Waals surface area (Å²) in [6, 6.07) is 0.0515. The van der Waals surface area contributed by atoms with Crippen LogP contribution >= 0.6 is 0 Å². The van der Waals surface area contributed by atoms with Crippen LogP contribution in [0.3, 0.4) is 0 Å². The Balaban J connectivity index is 1.85. The van der Waals surface area contributed by atoms with Crippen molar-refractivity contribution in [2.24, 2.45) is 0 Å². The number of nitrogens with zero attached hydrogens (tertiary/aromatic N) is 1. The zero-order chi connectivity index (χ0) is 12.3. The summed E-state index contributed by atoms with van der Waals surface area (Å²) in [6.45, 7) is 1.79. The second-order valence-corrected chi connectivity index (χ2v) is 5.69. The Morgan fingerprint density at radius 1 is 1.35 bits per heavy atom. The molecule has 17 heavy (non-hydrogen) atoms. The number of carbonyl (C=O) groups excluding carboxylic acids is 1. The Morgan fingerprint density at radius 3 is 2.59 bits per heavy atom. The molecule has 1 atom stereocenters. The molecule has 1 amide bonds. The molecule has 0 spiro atoms. The summed E-state index contributed by atoms with van der Waals surface area (Å²) in [6.07, 6.45) is 7.10. The number of carbonyl (C=O) groups is 1. The van der Waals surface area contributed by atoms with Gasteiger partial charge >= 0.3 is 0 Å². The van der Waals surface area contributed by atoms with Gasteiger partial charge in [0.15, 0.2) is 0 Å². The van der Waals surface area contributed by atoms with E-state index in [4.69, 9.17) is 0 Å².